The van der Waals surface area contributed by atoms with Crippen LogP contribution in [0.4, 0.5) is 17.6 Å². The van der Waals surface area contributed by atoms with E-state index in [0.29, 0.717) is 12.1 Å². The fourth-order valence-electron chi connectivity index (χ4n) is 2.32. The SMILES string of the molecule is O=C(C=C1CCCCC1)c1ccc(C(F)(F)F)c(F)c1. The summed E-state index contributed by atoms with van der Waals surface area (Å²) in [6, 6.07) is 2.29. The molecule has 1 nitrogen and oxygen atoms in total. The van der Waals surface area contributed by atoms with Crippen LogP contribution in [0.15, 0.2) is 29.8 Å². The van der Waals surface area contributed by atoms with Gasteiger partial charge in [-0.2, -0.15) is 13.2 Å². The van der Waals surface area contributed by atoms with Crippen LogP contribution in [-0.4, -0.2) is 5.78 Å². The van der Waals surface area contributed by atoms with Gasteiger partial charge in [-0.05, 0) is 43.9 Å². The number of rotatable bonds is 2. The van der Waals surface area contributed by atoms with E-state index in [4.69, 9.17) is 0 Å². The molecule has 0 saturated heterocycles. The fraction of sp³-hybridized carbons (Fsp3) is 0.400. The number of halogens is 4. The number of carbonyl (C=O) groups is 1. The summed E-state index contributed by atoms with van der Waals surface area (Å²) in [4.78, 5) is 11.9. The van der Waals surface area contributed by atoms with Gasteiger partial charge in [-0.25, -0.2) is 4.39 Å². The van der Waals surface area contributed by atoms with Gasteiger partial charge in [0.2, 0.25) is 0 Å². The molecule has 1 fully saturated rings. The maximum atomic E-state index is 13.4. The third kappa shape index (κ3) is 3.46. The van der Waals surface area contributed by atoms with Gasteiger partial charge < -0.3 is 0 Å². The van der Waals surface area contributed by atoms with Crippen LogP contribution in [0, 0.1) is 5.82 Å². The molecule has 108 valence electrons. The Kier molecular flexibility index (Phi) is 4.26. The quantitative estimate of drug-likeness (QED) is 0.428. The highest BCUT2D eigenvalue weighted by Crippen LogP contribution is 2.32. The van der Waals surface area contributed by atoms with Crippen LogP contribution < -0.4 is 0 Å². The van der Waals surface area contributed by atoms with Crippen molar-refractivity contribution >= 4 is 5.78 Å². The Morgan fingerprint density at radius 3 is 2.30 bits per heavy atom. The summed E-state index contributed by atoms with van der Waals surface area (Å²) in [7, 11) is 0. The third-order valence-corrected chi connectivity index (χ3v) is 3.39. The second-order valence-corrected chi connectivity index (χ2v) is 4.92. The fourth-order valence-corrected chi connectivity index (χ4v) is 2.32. The number of alkyl halides is 3. The maximum absolute atomic E-state index is 13.4. The zero-order valence-corrected chi connectivity index (χ0v) is 10.8. The molecule has 2 rings (SSSR count). The standard InChI is InChI=1S/C15H14F4O/c16-13-9-11(6-7-12(13)15(17,18)19)14(20)8-10-4-2-1-3-5-10/h6-9H,1-5H2. The lowest BCUT2D eigenvalue weighted by Gasteiger charge is -2.13. The molecule has 0 atom stereocenters. The molecule has 0 spiro atoms. The molecule has 0 bridgehead atoms. The van der Waals surface area contributed by atoms with Crippen LogP contribution in [0.5, 0.6) is 0 Å². The van der Waals surface area contributed by atoms with E-state index in [1.165, 1.54) is 6.08 Å². The zero-order valence-electron chi connectivity index (χ0n) is 10.8. The lowest BCUT2D eigenvalue weighted by Crippen LogP contribution is -2.09. The largest absolute Gasteiger partial charge is 0.419 e. The van der Waals surface area contributed by atoms with Gasteiger partial charge in [0.05, 0.1) is 5.56 Å². The molecule has 20 heavy (non-hydrogen) atoms. The first-order chi connectivity index (χ1) is 9.38. The van der Waals surface area contributed by atoms with Crippen LogP contribution >= 0.6 is 0 Å². The first kappa shape index (κ1) is 14.8. The molecular weight excluding hydrogens is 272 g/mol. The normalized spacial score (nSPS) is 16.1. The van der Waals surface area contributed by atoms with E-state index in [1.807, 2.05) is 0 Å². The molecule has 1 saturated carbocycles. The van der Waals surface area contributed by atoms with Gasteiger partial charge in [-0.3, -0.25) is 4.79 Å². The summed E-state index contributed by atoms with van der Waals surface area (Å²) in [5.41, 5.74) is -0.408. The summed E-state index contributed by atoms with van der Waals surface area (Å²) in [6.07, 6.45) is 1.50. The number of benzene rings is 1. The second-order valence-electron chi connectivity index (χ2n) is 4.92. The summed E-state index contributed by atoms with van der Waals surface area (Å²) >= 11 is 0. The molecular formula is C15H14F4O. The van der Waals surface area contributed by atoms with Crippen molar-refractivity contribution in [3.05, 3.63) is 46.8 Å². The smallest absolute Gasteiger partial charge is 0.289 e. The molecule has 0 amide bonds. The van der Waals surface area contributed by atoms with Crippen molar-refractivity contribution in [2.24, 2.45) is 0 Å². The molecule has 0 unspecified atom stereocenters. The van der Waals surface area contributed by atoms with Gasteiger partial charge in [0.25, 0.3) is 0 Å². The average molecular weight is 286 g/mol. The Morgan fingerprint density at radius 1 is 1.10 bits per heavy atom. The van der Waals surface area contributed by atoms with Gasteiger partial charge >= 0.3 is 6.18 Å². The van der Waals surface area contributed by atoms with Gasteiger partial charge in [0, 0.05) is 5.56 Å². The highest BCUT2D eigenvalue weighted by atomic mass is 19.4. The van der Waals surface area contributed by atoms with Crippen molar-refractivity contribution in [1.82, 2.24) is 0 Å². The summed E-state index contributed by atoms with van der Waals surface area (Å²) < 4.78 is 50.6. The van der Waals surface area contributed by atoms with Gasteiger partial charge in [-0.15, -0.1) is 0 Å². The molecule has 0 radical (unpaired) electrons. The lowest BCUT2D eigenvalue weighted by atomic mass is 9.93. The molecule has 0 heterocycles. The Hall–Kier alpha value is -1.65. The summed E-state index contributed by atoms with van der Waals surface area (Å²) in [5.74, 6) is -1.85. The first-order valence-electron chi connectivity index (χ1n) is 6.48. The van der Waals surface area contributed by atoms with E-state index < -0.39 is 23.3 Å². The topological polar surface area (TPSA) is 17.1 Å². The van der Waals surface area contributed by atoms with E-state index >= 15 is 0 Å². The molecule has 0 aliphatic heterocycles. The van der Waals surface area contributed by atoms with Crippen LogP contribution in [0.2, 0.25) is 0 Å². The van der Waals surface area contributed by atoms with E-state index in [-0.39, 0.29) is 5.56 Å². The molecule has 1 aromatic carbocycles. The Labute approximate surface area is 114 Å². The van der Waals surface area contributed by atoms with Crippen molar-refractivity contribution in [3.8, 4) is 0 Å². The molecule has 5 heteroatoms. The Bertz CT molecular complexity index is 535. The first-order valence-corrected chi connectivity index (χ1v) is 6.48. The zero-order chi connectivity index (χ0) is 14.8. The van der Waals surface area contributed by atoms with Crippen molar-refractivity contribution < 1.29 is 22.4 Å². The van der Waals surface area contributed by atoms with E-state index in [0.717, 1.165) is 43.7 Å². The van der Waals surface area contributed by atoms with E-state index in [2.05, 4.69) is 0 Å². The average Bonchev–Trinajstić information content (AvgIpc) is 2.38. The van der Waals surface area contributed by atoms with Crippen molar-refractivity contribution in [3.63, 3.8) is 0 Å². The number of hydrogen-bond acceptors (Lipinski definition) is 1. The number of hydrogen-bond donors (Lipinski definition) is 0. The molecule has 0 aromatic heterocycles. The van der Waals surface area contributed by atoms with Crippen LogP contribution in [0.25, 0.3) is 0 Å². The van der Waals surface area contributed by atoms with Crippen LogP contribution in [0.1, 0.15) is 48.0 Å². The highest BCUT2D eigenvalue weighted by Gasteiger charge is 2.34. The monoisotopic (exact) mass is 286 g/mol. The minimum Gasteiger partial charge on any atom is -0.289 e. The Morgan fingerprint density at radius 2 is 1.75 bits per heavy atom. The minimum atomic E-state index is -4.74. The van der Waals surface area contributed by atoms with E-state index in [9.17, 15) is 22.4 Å². The molecule has 0 N–H and O–H groups in total. The number of allylic oxidation sites excluding steroid dienone is 2. The second kappa shape index (κ2) is 5.77. The predicted octanol–water partition coefficient (Wildman–Crippen LogP) is 4.92. The lowest BCUT2D eigenvalue weighted by molar-refractivity contribution is -0.140. The molecule has 1 aromatic rings. The maximum Gasteiger partial charge on any atom is 0.419 e. The minimum absolute atomic E-state index is 0.0476. The summed E-state index contributed by atoms with van der Waals surface area (Å²) in [5, 5.41) is 0. The van der Waals surface area contributed by atoms with Gasteiger partial charge in [-0.1, -0.05) is 18.1 Å². The summed E-state index contributed by atoms with van der Waals surface area (Å²) in [6.45, 7) is 0. The number of ketones is 1. The van der Waals surface area contributed by atoms with Crippen molar-refractivity contribution in [1.29, 1.82) is 0 Å². The van der Waals surface area contributed by atoms with Crippen LogP contribution in [-0.2, 0) is 6.18 Å². The predicted molar refractivity (Wildman–Crippen MR) is 66.9 cm³/mol. The highest BCUT2D eigenvalue weighted by molar-refractivity contribution is 6.04. The molecule has 1 aliphatic carbocycles. The van der Waals surface area contributed by atoms with Crippen molar-refractivity contribution in [2.75, 3.05) is 0 Å². The van der Waals surface area contributed by atoms with E-state index in [1.54, 1.807) is 0 Å². The number of carbonyl (C=O) groups excluding carboxylic acids is 1. The molecule has 1 aliphatic rings. The van der Waals surface area contributed by atoms with Crippen molar-refractivity contribution in [2.45, 2.75) is 38.3 Å². The van der Waals surface area contributed by atoms with Gasteiger partial charge in [0.15, 0.2) is 5.78 Å². The van der Waals surface area contributed by atoms with Crippen LogP contribution in [0.3, 0.4) is 0 Å². The van der Waals surface area contributed by atoms with Gasteiger partial charge in [0.1, 0.15) is 5.82 Å². The Balaban J connectivity index is 2.21. The third-order valence-electron chi connectivity index (χ3n) is 3.39.